The van der Waals surface area contributed by atoms with Crippen molar-refractivity contribution in [2.24, 2.45) is 0 Å². The summed E-state index contributed by atoms with van der Waals surface area (Å²) in [6, 6.07) is 4.27. The molecule has 0 amide bonds. The fraction of sp³-hybridized carbons (Fsp3) is 0.625. The van der Waals surface area contributed by atoms with Crippen molar-refractivity contribution in [1.29, 1.82) is 0 Å². The van der Waals surface area contributed by atoms with Gasteiger partial charge in [0.2, 0.25) is 0 Å². The first-order valence-electron chi connectivity index (χ1n) is 7.44. The predicted molar refractivity (Wildman–Crippen MR) is 74.8 cm³/mol. The molecule has 3 rings (SSSR count). The third kappa shape index (κ3) is 3.20. The molecule has 2 fully saturated rings. The lowest BCUT2D eigenvalue weighted by Crippen LogP contribution is -2.44. The largest absolute Gasteiger partial charge is 0.490 e. The molecule has 2 unspecified atom stereocenters. The van der Waals surface area contributed by atoms with Gasteiger partial charge in [-0.25, -0.2) is 4.39 Å². The van der Waals surface area contributed by atoms with Crippen LogP contribution in [0.4, 0.5) is 4.39 Å². The number of hydrogen-bond donors (Lipinski definition) is 1. The smallest absolute Gasteiger partial charge is 0.125 e. The maximum atomic E-state index is 13.3. The molecular weight excluding hydrogens is 275 g/mol. The molecule has 0 aromatic heterocycles. The van der Waals surface area contributed by atoms with Gasteiger partial charge in [-0.2, -0.15) is 0 Å². The van der Waals surface area contributed by atoms with Crippen LogP contribution >= 0.6 is 0 Å². The molecule has 2 aliphatic rings. The van der Waals surface area contributed by atoms with Crippen molar-refractivity contribution in [2.75, 3.05) is 19.8 Å². The Kier molecular flexibility index (Phi) is 4.15. The van der Waals surface area contributed by atoms with Gasteiger partial charge in [0.15, 0.2) is 0 Å². The summed E-state index contributed by atoms with van der Waals surface area (Å²) in [5, 5.41) is 9.77. The fourth-order valence-electron chi connectivity index (χ4n) is 3.08. The fourth-order valence-corrected chi connectivity index (χ4v) is 3.08. The SMILES string of the molecule is C[C@H](O)c1cc(F)ccc1OC1CCOC2(CCOC2)C1. The van der Waals surface area contributed by atoms with E-state index >= 15 is 0 Å². The van der Waals surface area contributed by atoms with E-state index in [1.165, 1.54) is 12.1 Å². The van der Waals surface area contributed by atoms with Gasteiger partial charge in [0.1, 0.15) is 17.7 Å². The van der Waals surface area contributed by atoms with Crippen molar-refractivity contribution in [3.8, 4) is 5.75 Å². The maximum Gasteiger partial charge on any atom is 0.125 e. The Hall–Kier alpha value is -1.17. The van der Waals surface area contributed by atoms with Gasteiger partial charge < -0.3 is 19.3 Å². The average molecular weight is 296 g/mol. The van der Waals surface area contributed by atoms with Crippen molar-refractivity contribution in [3.05, 3.63) is 29.6 Å². The lowest BCUT2D eigenvalue weighted by atomic mass is 9.91. The standard InChI is InChI=1S/C16H21FO4/c1-11(18)14-8-12(17)2-3-15(14)21-13-4-6-20-16(9-13)5-7-19-10-16/h2-3,8,11,13,18H,4-7,9-10H2,1H3/t11-,13?,16?/m0/s1. The van der Waals surface area contributed by atoms with Crippen molar-refractivity contribution in [2.45, 2.75) is 44.0 Å². The summed E-state index contributed by atoms with van der Waals surface area (Å²) in [7, 11) is 0. The topological polar surface area (TPSA) is 47.9 Å². The Labute approximate surface area is 123 Å². The lowest BCUT2D eigenvalue weighted by molar-refractivity contribution is -0.112. The van der Waals surface area contributed by atoms with Crippen LogP contribution < -0.4 is 4.74 Å². The third-order valence-corrected chi connectivity index (χ3v) is 4.23. The van der Waals surface area contributed by atoms with Crippen molar-refractivity contribution >= 4 is 0 Å². The second-order valence-electron chi connectivity index (χ2n) is 5.92. The molecular formula is C16H21FO4. The van der Waals surface area contributed by atoms with Crippen molar-refractivity contribution in [1.82, 2.24) is 0 Å². The van der Waals surface area contributed by atoms with Gasteiger partial charge in [-0.3, -0.25) is 0 Å². The number of hydrogen-bond acceptors (Lipinski definition) is 4. The summed E-state index contributed by atoms with van der Waals surface area (Å²) in [4.78, 5) is 0. The van der Waals surface area contributed by atoms with Gasteiger partial charge in [-0.05, 0) is 25.1 Å². The Balaban J connectivity index is 1.74. The highest BCUT2D eigenvalue weighted by molar-refractivity contribution is 5.35. The highest BCUT2D eigenvalue weighted by Gasteiger charge is 2.42. The normalized spacial score (nSPS) is 30.5. The van der Waals surface area contributed by atoms with Gasteiger partial charge in [-0.15, -0.1) is 0 Å². The van der Waals surface area contributed by atoms with E-state index in [1.807, 2.05) is 0 Å². The summed E-state index contributed by atoms with van der Waals surface area (Å²) >= 11 is 0. The van der Waals surface area contributed by atoms with Gasteiger partial charge in [0.05, 0.1) is 24.9 Å². The zero-order valence-corrected chi connectivity index (χ0v) is 12.2. The highest BCUT2D eigenvalue weighted by atomic mass is 19.1. The first kappa shape index (κ1) is 14.8. The Bertz CT molecular complexity index is 497. The summed E-state index contributed by atoms with van der Waals surface area (Å²) in [6.07, 6.45) is 1.68. The minimum atomic E-state index is -0.765. The van der Waals surface area contributed by atoms with Crippen molar-refractivity contribution in [3.63, 3.8) is 0 Å². The predicted octanol–water partition coefficient (Wildman–Crippen LogP) is 2.60. The zero-order chi connectivity index (χ0) is 14.9. The number of rotatable bonds is 3. The molecule has 2 saturated heterocycles. The van der Waals surface area contributed by atoms with Crippen LogP contribution in [0.25, 0.3) is 0 Å². The summed E-state index contributed by atoms with van der Waals surface area (Å²) in [5.41, 5.74) is 0.256. The maximum absolute atomic E-state index is 13.3. The second-order valence-corrected chi connectivity index (χ2v) is 5.92. The van der Waals surface area contributed by atoms with Crippen LogP contribution in [0.3, 0.4) is 0 Å². The molecule has 0 saturated carbocycles. The van der Waals surface area contributed by atoms with Gasteiger partial charge in [0, 0.05) is 31.4 Å². The lowest BCUT2D eigenvalue weighted by Gasteiger charge is -2.37. The van der Waals surface area contributed by atoms with Gasteiger partial charge in [0.25, 0.3) is 0 Å². The van der Waals surface area contributed by atoms with E-state index in [2.05, 4.69) is 0 Å². The number of aliphatic hydroxyl groups is 1. The van der Waals surface area contributed by atoms with E-state index < -0.39 is 6.10 Å². The van der Waals surface area contributed by atoms with Crippen LogP contribution in [0.15, 0.2) is 18.2 Å². The third-order valence-electron chi connectivity index (χ3n) is 4.23. The van der Waals surface area contributed by atoms with E-state index in [1.54, 1.807) is 13.0 Å². The Morgan fingerprint density at radius 2 is 2.29 bits per heavy atom. The average Bonchev–Trinajstić information content (AvgIpc) is 2.88. The van der Waals surface area contributed by atoms with E-state index in [4.69, 9.17) is 14.2 Å². The van der Waals surface area contributed by atoms with Crippen LogP contribution in [0, 0.1) is 5.82 Å². The van der Waals surface area contributed by atoms with Crippen LogP contribution in [0.2, 0.25) is 0 Å². The molecule has 0 bridgehead atoms. The molecule has 0 radical (unpaired) electrons. The first-order chi connectivity index (χ1) is 10.1. The molecule has 2 aliphatic heterocycles. The minimum Gasteiger partial charge on any atom is -0.490 e. The quantitative estimate of drug-likeness (QED) is 0.931. The molecule has 1 aromatic rings. The van der Waals surface area contributed by atoms with Gasteiger partial charge in [-0.1, -0.05) is 0 Å². The molecule has 3 atom stereocenters. The molecule has 1 N–H and O–H groups in total. The van der Waals surface area contributed by atoms with E-state index in [9.17, 15) is 9.50 Å². The summed E-state index contributed by atoms with van der Waals surface area (Å²) in [6.45, 7) is 3.58. The van der Waals surface area contributed by atoms with E-state index in [0.717, 1.165) is 25.9 Å². The summed E-state index contributed by atoms with van der Waals surface area (Å²) < 4.78 is 30.7. The number of halogens is 1. The van der Waals surface area contributed by atoms with E-state index in [0.29, 0.717) is 24.5 Å². The van der Waals surface area contributed by atoms with E-state index in [-0.39, 0.29) is 17.5 Å². The Morgan fingerprint density at radius 3 is 3.00 bits per heavy atom. The minimum absolute atomic E-state index is 0.00316. The van der Waals surface area contributed by atoms with Gasteiger partial charge >= 0.3 is 0 Å². The molecule has 2 heterocycles. The van der Waals surface area contributed by atoms with Crippen LogP contribution in [-0.4, -0.2) is 36.6 Å². The number of ether oxygens (including phenoxy) is 3. The summed E-state index contributed by atoms with van der Waals surface area (Å²) in [5.74, 6) is 0.179. The molecule has 0 aliphatic carbocycles. The number of benzene rings is 1. The van der Waals surface area contributed by atoms with Crippen molar-refractivity contribution < 1.29 is 23.7 Å². The van der Waals surface area contributed by atoms with Crippen LogP contribution in [0.1, 0.15) is 37.9 Å². The molecule has 21 heavy (non-hydrogen) atoms. The second kappa shape index (κ2) is 5.91. The Morgan fingerprint density at radius 1 is 1.43 bits per heavy atom. The highest BCUT2D eigenvalue weighted by Crippen LogP contribution is 2.36. The van der Waals surface area contributed by atoms with Crippen LogP contribution in [-0.2, 0) is 9.47 Å². The molecule has 1 aromatic carbocycles. The molecule has 116 valence electrons. The first-order valence-corrected chi connectivity index (χ1v) is 7.44. The molecule has 5 heteroatoms. The number of aliphatic hydroxyl groups excluding tert-OH is 1. The molecule has 1 spiro atoms. The molecule has 4 nitrogen and oxygen atoms in total. The van der Waals surface area contributed by atoms with Crippen LogP contribution in [0.5, 0.6) is 5.75 Å². The monoisotopic (exact) mass is 296 g/mol. The zero-order valence-electron chi connectivity index (χ0n) is 12.2.